The molecule has 2 nitrogen and oxygen atoms in total. The summed E-state index contributed by atoms with van der Waals surface area (Å²) in [6, 6.07) is 10.8. The van der Waals surface area contributed by atoms with Crippen LogP contribution >= 0.6 is 15.9 Å². The van der Waals surface area contributed by atoms with Crippen LogP contribution in [0.4, 0.5) is 4.39 Å². The Hall–Kier alpha value is -1.39. The van der Waals surface area contributed by atoms with Crippen molar-refractivity contribution in [2.45, 2.75) is 13.0 Å². The second-order valence-corrected chi connectivity index (χ2v) is 5.53. The van der Waals surface area contributed by atoms with Gasteiger partial charge in [-0.25, -0.2) is 4.39 Å². The predicted octanol–water partition coefficient (Wildman–Crippen LogP) is 4.21. The topological polar surface area (TPSA) is 21.3 Å². The largest absolute Gasteiger partial charge is 0.496 e. The first-order chi connectivity index (χ1) is 9.56. The zero-order valence-corrected chi connectivity index (χ0v) is 13.3. The smallest absolute Gasteiger partial charge is 0.129 e. The Morgan fingerprint density at radius 3 is 2.50 bits per heavy atom. The van der Waals surface area contributed by atoms with Crippen LogP contribution in [0.15, 0.2) is 40.9 Å². The van der Waals surface area contributed by atoms with Crippen LogP contribution in [0.25, 0.3) is 0 Å². The fraction of sp³-hybridized carbons (Fsp3) is 0.250. The molecule has 106 valence electrons. The van der Waals surface area contributed by atoms with Crippen LogP contribution in [-0.4, -0.2) is 14.2 Å². The van der Waals surface area contributed by atoms with Crippen LogP contribution in [0.1, 0.15) is 22.7 Å². The molecule has 0 aliphatic carbocycles. The molecule has 0 bridgehead atoms. The number of methoxy groups -OCH3 is 1. The highest BCUT2D eigenvalue weighted by atomic mass is 79.9. The summed E-state index contributed by atoms with van der Waals surface area (Å²) in [5, 5.41) is 3.16. The van der Waals surface area contributed by atoms with Crippen molar-refractivity contribution in [2.24, 2.45) is 0 Å². The monoisotopic (exact) mass is 337 g/mol. The molecule has 2 rings (SSSR count). The molecule has 2 aromatic rings. The van der Waals surface area contributed by atoms with Gasteiger partial charge in [-0.1, -0.05) is 34.1 Å². The van der Waals surface area contributed by atoms with Crippen LogP contribution in [0, 0.1) is 12.7 Å². The third kappa shape index (κ3) is 3.02. The maximum absolute atomic E-state index is 14.1. The van der Waals surface area contributed by atoms with Gasteiger partial charge < -0.3 is 10.1 Å². The lowest BCUT2D eigenvalue weighted by molar-refractivity contribution is 0.411. The third-order valence-corrected chi connectivity index (χ3v) is 3.81. The van der Waals surface area contributed by atoms with E-state index in [2.05, 4.69) is 21.2 Å². The van der Waals surface area contributed by atoms with E-state index in [1.165, 1.54) is 6.07 Å². The molecule has 0 saturated heterocycles. The molecule has 0 amide bonds. The molecule has 0 radical (unpaired) electrons. The summed E-state index contributed by atoms with van der Waals surface area (Å²) in [7, 11) is 3.47. The van der Waals surface area contributed by atoms with Gasteiger partial charge in [0, 0.05) is 10.0 Å². The molecule has 1 atom stereocenters. The van der Waals surface area contributed by atoms with E-state index >= 15 is 0 Å². The lowest BCUT2D eigenvalue weighted by Crippen LogP contribution is -2.19. The van der Waals surface area contributed by atoms with E-state index in [1.807, 2.05) is 38.2 Å². The summed E-state index contributed by atoms with van der Waals surface area (Å²) >= 11 is 3.28. The SMILES string of the molecule is CNC(c1ccc(OC)c(C)c1)c1ccc(Br)cc1F. The van der Waals surface area contributed by atoms with Crippen molar-refractivity contribution >= 4 is 15.9 Å². The molecule has 2 aromatic carbocycles. The minimum Gasteiger partial charge on any atom is -0.496 e. The number of nitrogens with one attached hydrogen (secondary N) is 1. The van der Waals surface area contributed by atoms with E-state index in [-0.39, 0.29) is 11.9 Å². The van der Waals surface area contributed by atoms with Gasteiger partial charge >= 0.3 is 0 Å². The van der Waals surface area contributed by atoms with Gasteiger partial charge in [0.15, 0.2) is 0 Å². The number of halogens is 2. The van der Waals surface area contributed by atoms with Crippen molar-refractivity contribution < 1.29 is 9.13 Å². The Kier molecular flexibility index (Phi) is 4.78. The quantitative estimate of drug-likeness (QED) is 0.902. The summed E-state index contributed by atoms with van der Waals surface area (Å²) in [4.78, 5) is 0. The first-order valence-corrected chi connectivity index (χ1v) is 7.13. The molecule has 0 aliphatic heterocycles. The summed E-state index contributed by atoms with van der Waals surface area (Å²) in [5.74, 6) is 0.604. The van der Waals surface area contributed by atoms with Gasteiger partial charge in [0.1, 0.15) is 11.6 Å². The molecular formula is C16H17BrFNO. The lowest BCUT2D eigenvalue weighted by Gasteiger charge is -2.19. The molecule has 20 heavy (non-hydrogen) atoms. The zero-order valence-electron chi connectivity index (χ0n) is 11.7. The second kappa shape index (κ2) is 6.37. The maximum atomic E-state index is 14.1. The lowest BCUT2D eigenvalue weighted by atomic mass is 9.97. The molecule has 4 heteroatoms. The molecule has 1 unspecified atom stereocenters. The minimum absolute atomic E-state index is 0.187. The van der Waals surface area contributed by atoms with Crippen molar-refractivity contribution in [3.05, 3.63) is 63.4 Å². The van der Waals surface area contributed by atoms with Crippen LogP contribution in [0.3, 0.4) is 0 Å². The van der Waals surface area contributed by atoms with Crippen molar-refractivity contribution in [2.75, 3.05) is 14.2 Å². The van der Waals surface area contributed by atoms with Gasteiger partial charge in [-0.05, 0) is 43.3 Å². The highest BCUT2D eigenvalue weighted by Crippen LogP contribution is 2.29. The summed E-state index contributed by atoms with van der Waals surface area (Å²) in [6.07, 6.45) is 0. The van der Waals surface area contributed by atoms with E-state index in [4.69, 9.17) is 4.74 Å². The summed E-state index contributed by atoms with van der Waals surface area (Å²) < 4.78 is 20.1. The van der Waals surface area contributed by atoms with Crippen LogP contribution in [0.2, 0.25) is 0 Å². The van der Waals surface area contributed by atoms with Gasteiger partial charge in [0.25, 0.3) is 0 Å². The Bertz CT molecular complexity index is 615. The first-order valence-electron chi connectivity index (χ1n) is 6.33. The number of benzene rings is 2. The van der Waals surface area contributed by atoms with Crippen LogP contribution < -0.4 is 10.1 Å². The van der Waals surface area contributed by atoms with Crippen LogP contribution in [0.5, 0.6) is 5.75 Å². The first kappa shape index (κ1) is 15.0. The Morgan fingerprint density at radius 1 is 1.20 bits per heavy atom. The van der Waals surface area contributed by atoms with Gasteiger partial charge in [-0.3, -0.25) is 0 Å². The Morgan fingerprint density at radius 2 is 1.95 bits per heavy atom. The number of hydrogen-bond donors (Lipinski definition) is 1. The number of rotatable bonds is 4. The summed E-state index contributed by atoms with van der Waals surface area (Å²) in [6.45, 7) is 1.98. The summed E-state index contributed by atoms with van der Waals surface area (Å²) in [5.41, 5.74) is 2.66. The minimum atomic E-state index is -0.229. The number of hydrogen-bond acceptors (Lipinski definition) is 2. The van der Waals surface area contributed by atoms with Crippen molar-refractivity contribution in [3.8, 4) is 5.75 Å². The molecule has 0 aliphatic rings. The van der Waals surface area contributed by atoms with Crippen molar-refractivity contribution in [1.82, 2.24) is 5.32 Å². The fourth-order valence-electron chi connectivity index (χ4n) is 2.32. The normalized spacial score (nSPS) is 12.2. The van der Waals surface area contributed by atoms with E-state index in [1.54, 1.807) is 13.2 Å². The molecule has 0 aromatic heterocycles. The van der Waals surface area contributed by atoms with Crippen LogP contribution in [-0.2, 0) is 0 Å². The second-order valence-electron chi connectivity index (χ2n) is 4.62. The van der Waals surface area contributed by atoms with E-state index in [0.717, 1.165) is 21.3 Å². The average Bonchev–Trinajstić information content (AvgIpc) is 2.42. The molecule has 0 spiro atoms. The third-order valence-electron chi connectivity index (χ3n) is 3.31. The Balaban J connectivity index is 2.44. The maximum Gasteiger partial charge on any atom is 0.129 e. The molecular weight excluding hydrogens is 321 g/mol. The highest BCUT2D eigenvalue weighted by Gasteiger charge is 2.17. The van der Waals surface area contributed by atoms with E-state index in [0.29, 0.717) is 5.56 Å². The van der Waals surface area contributed by atoms with E-state index < -0.39 is 0 Å². The predicted molar refractivity (Wildman–Crippen MR) is 82.7 cm³/mol. The number of ether oxygens (including phenoxy) is 1. The zero-order chi connectivity index (χ0) is 14.7. The average molecular weight is 338 g/mol. The molecule has 0 saturated carbocycles. The van der Waals surface area contributed by atoms with Gasteiger partial charge in [-0.15, -0.1) is 0 Å². The van der Waals surface area contributed by atoms with E-state index in [9.17, 15) is 4.39 Å². The molecule has 0 fully saturated rings. The molecule has 0 heterocycles. The highest BCUT2D eigenvalue weighted by molar-refractivity contribution is 9.10. The van der Waals surface area contributed by atoms with Gasteiger partial charge in [0.2, 0.25) is 0 Å². The Labute approximate surface area is 127 Å². The molecule has 1 N–H and O–H groups in total. The van der Waals surface area contributed by atoms with Gasteiger partial charge in [-0.2, -0.15) is 0 Å². The van der Waals surface area contributed by atoms with Crippen molar-refractivity contribution in [3.63, 3.8) is 0 Å². The van der Waals surface area contributed by atoms with Crippen molar-refractivity contribution in [1.29, 1.82) is 0 Å². The van der Waals surface area contributed by atoms with Gasteiger partial charge in [0.05, 0.1) is 13.2 Å². The number of aryl methyl sites for hydroxylation is 1. The standard InChI is InChI=1S/C16H17BrFNO/c1-10-8-11(4-7-15(10)20-3)16(19-2)13-6-5-12(17)9-14(13)18/h4-9,16,19H,1-3H3. The fourth-order valence-corrected chi connectivity index (χ4v) is 2.65.